The summed E-state index contributed by atoms with van der Waals surface area (Å²) in [5.74, 6) is 0. The van der Waals surface area contributed by atoms with Gasteiger partial charge in [0.25, 0.3) is 0 Å². The summed E-state index contributed by atoms with van der Waals surface area (Å²) in [6.45, 7) is 16.6. The SMILES string of the molecule is C[CH-]C.[CH2-]C1CCC([CH2-])N1C(C)C.[Y+3]. The first-order chi connectivity index (χ1) is 6.04. The normalized spacial score (nSPS) is 26.8. The third-order valence-electron chi connectivity index (χ3n) is 2.27. The monoisotopic (exact) mass is 271 g/mol. The summed E-state index contributed by atoms with van der Waals surface area (Å²) in [6, 6.07) is 1.61. The molecule has 0 spiro atoms. The van der Waals surface area contributed by atoms with Gasteiger partial charge in [0.2, 0.25) is 0 Å². The van der Waals surface area contributed by atoms with E-state index in [1.165, 1.54) is 12.8 Å². The second-order valence-corrected chi connectivity index (χ2v) is 4.00. The van der Waals surface area contributed by atoms with Crippen molar-refractivity contribution in [2.75, 3.05) is 0 Å². The van der Waals surface area contributed by atoms with Gasteiger partial charge in [-0.25, -0.2) is 0 Å². The largest absolute Gasteiger partial charge is 3.00 e. The minimum Gasteiger partial charge on any atom is -0.354 e. The molecule has 1 aliphatic rings. The summed E-state index contributed by atoms with van der Waals surface area (Å²) in [6.07, 6.45) is 4.43. The maximum absolute atomic E-state index is 4.08. The Kier molecular flexibility index (Phi) is 11.6. The van der Waals surface area contributed by atoms with Gasteiger partial charge in [0, 0.05) is 0 Å². The van der Waals surface area contributed by atoms with E-state index in [0.717, 1.165) is 0 Å². The third kappa shape index (κ3) is 5.83. The topological polar surface area (TPSA) is 3.24 Å². The van der Waals surface area contributed by atoms with Crippen LogP contribution in [0.25, 0.3) is 0 Å². The molecule has 0 amide bonds. The Morgan fingerprint density at radius 3 is 1.57 bits per heavy atom. The molecule has 1 fully saturated rings. The van der Waals surface area contributed by atoms with Crippen molar-refractivity contribution in [1.29, 1.82) is 0 Å². The van der Waals surface area contributed by atoms with Crippen molar-refractivity contribution in [2.24, 2.45) is 0 Å². The summed E-state index contributed by atoms with van der Waals surface area (Å²) in [5.41, 5.74) is 0. The van der Waals surface area contributed by atoms with Crippen LogP contribution in [0.1, 0.15) is 40.5 Å². The van der Waals surface area contributed by atoms with E-state index in [1.54, 1.807) is 0 Å². The van der Waals surface area contributed by atoms with E-state index in [2.05, 4.69) is 32.6 Å². The fraction of sp³-hybridized carbons (Fsp3) is 0.750. The van der Waals surface area contributed by atoms with Crippen molar-refractivity contribution in [2.45, 2.75) is 58.7 Å². The average molecular weight is 271 g/mol. The molecule has 1 rings (SSSR count). The summed E-state index contributed by atoms with van der Waals surface area (Å²) in [7, 11) is 0. The van der Waals surface area contributed by atoms with Crippen LogP contribution in [0.3, 0.4) is 0 Å². The Balaban J connectivity index is 0. The van der Waals surface area contributed by atoms with Crippen LogP contribution in [-0.4, -0.2) is 23.0 Å². The van der Waals surface area contributed by atoms with E-state index < -0.39 is 0 Å². The van der Waals surface area contributed by atoms with Crippen molar-refractivity contribution in [1.82, 2.24) is 4.90 Å². The van der Waals surface area contributed by atoms with Gasteiger partial charge in [0.15, 0.2) is 0 Å². The Morgan fingerprint density at radius 2 is 1.43 bits per heavy atom. The minimum atomic E-state index is 0. The van der Waals surface area contributed by atoms with Gasteiger partial charge in [-0.15, -0.1) is 12.1 Å². The molecule has 1 nitrogen and oxygen atoms in total. The summed E-state index contributed by atoms with van der Waals surface area (Å²) in [5, 5.41) is 0. The van der Waals surface area contributed by atoms with E-state index in [-0.39, 0.29) is 32.7 Å². The smallest absolute Gasteiger partial charge is 0.354 e. The van der Waals surface area contributed by atoms with Gasteiger partial charge in [-0.3, -0.25) is 0 Å². The van der Waals surface area contributed by atoms with Gasteiger partial charge in [0.1, 0.15) is 0 Å². The van der Waals surface area contributed by atoms with Crippen LogP contribution in [-0.2, 0) is 32.7 Å². The molecule has 0 bridgehead atoms. The number of rotatable bonds is 1. The second kappa shape index (κ2) is 9.30. The molecule has 2 atom stereocenters. The zero-order chi connectivity index (χ0) is 10.4. The molecule has 0 N–H and O–H groups in total. The average Bonchev–Trinajstić information content (AvgIpc) is 2.32. The quantitative estimate of drug-likeness (QED) is 0.662. The molecule has 2 unspecified atom stereocenters. The molecule has 1 aliphatic heterocycles. The van der Waals surface area contributed by atoms with E-state index in [4.69, 9.17) is 0 Å². The van der Waals surface area contributed by atoms with E-state index >= 15 is 0 Å². The second-order valence-electron chi connectivity index (χ2n) is 4.00. The minimum absolute atomic E-state index is 0. The van der Waals surface area contributed by atoms with Crippen LogP contribution in [0, 0.1) is 20.3 Å². The fourth-order valence-electron chi connectivity index (χ4n) is 1.82. The Bertz CT molecular complexity index is 115. The van der Waals surface area contributed by atoms with Gasteiger partial charge in [-0.2, -0.15) is 13.8 Å². The standard InChI is InChI=1S/C9H17N.C3H7.Y/c1-7(2)10-8(3)5-6-9(10)4;1-3-2;/h7-9H,3-6H2,1-2H3;3H,1-2H3;/q-2;-1;+3. The zero-order valence-electron chi connectivity index (χ0n) is 10.2. The Morgan fingerprint density at radius 1 is 1.14 bits per heavy atom. The van der Waals surface area contributed by atoms with Crippen LogP contribution >= 0.6 is 0 Å². The maximum atomic E-state index is 4.08. The van der Waals surface area contributed by atoms with Crippen molar-refractivity contribution in [3.63, 3.8) is 0 Å². The Labute approximate surface area is 116 Å². The van der Waals surface area contributed by atoms with E-state index in [9.17, 15) is 0 Å². The molecule has 0 aromatic heterocycles. The van der Waals surface area contributed by atoms with E-state index in [1.807, 2.05) is 20.3 Å². The molecule has 0 aromatic rings. The number of likely N-dealkylation sites (tertiary alicyclic amines) is 1. The number of hydrogen-bond donors (Lipinski definition) is 0. The first-order valence-corrected chi connectivity index (χ1v) is 5.22. The molecular formula is C12H24NY. The molecule has 1 heterocycles. The van der Waals surface area contributed by atoms with Gasteiger partial charge < -0.3 is 25.2 Å². The van der Waals surface area contributed by atoms with Crippen LogP contribution < -0.4 is 0 Å². The fourth-order valence-corrected chi connectivity index (χ4v) is 1.82. The first-order valence-electron chi connectivity index (χ1n) is 5.22. The van der Waals surface area contributed by atoms with Crippen molar-refractivity contribution in [3.05, 3.63) is 20.3 Å². The molecule has 80 valence electrons. The van der Waals surface area contributed by atoms with E-state index in [0.29, 0.717) is 18.1 Å². The van der Waals surface area contributed by atoms with Gasteiger partial charge in [0.05, 0.1) is 0 Å². The molecule has 0 radical (unpaired) electrons. The summed E-state index contributed by atoms with van der Waals surface area (Å²) >= 11 is 0. The molecule has 1 saturated heterocycles. The number of hydrogen-bond acceptors (Lipinski definition) is 1. The van der Waals surface area contributed by atoms with Crippen LogP contribution in [0.4, 0.5) is 0 Å². The van der Waals surface area contributed by atoms with Crippen LogP contribution in [0.2, 0.25) is 0 Å². The van der Waals surface area contributed by atoms with Gasteiger partial charge in [-0.05, 0) is 6.04 Å². The van der Waals surface area contributed by atoms with Crippen molar-refractivity contribution in [3.8, 4) is 0 Å². The molecule has 14 heavy (non-hydrogen) atoms. The van der Waals surface area contributed by atoms with Crippen molar-refractivity contribution >= 4 is 0 Å². The van der Waals surface area contributed by atoms with Gasteiger partial charge in [-0.1, -0.05) is 26.7 Å². The maximum Gasteiger partial charge on any atom is 3.00 e. The third-order valence-corrected chi connectivity index (χ3v) is 2.27. The predicted molar refractivity (Wildman–Crippen MR) is 60.1 cm³/mol. The molecule has 0 aliphatic carbocycles. The molecule has 2 heteroatoms. The van der Waals surface area contributed by atoms with Crippen LogP contribution in [0.5, 0.6) is 0 Å². The molecular weight excluding hydrogens is 247 g/mol. The summed E-state index contributed by atoms with van der Waals surface area (Å²) < 4.78 is 0. The summed E-state index contributed by atoms with van der Waals surface area (Å²) in [4.78, 5) is 2.39. The number of nitrogens with zero attached hydrogens (tertiary/aromatic N) is 1. The zero-order valence-corrected chi connectivity index (χ0v) is 13.0. The molecule has 0 aromatic carbocycles. The van der Waals surface area contributed by atoms with Crippen LogP contribution in [0.15, 0.2) is 0 Å². The van der Waals surface area contributed by atoms with Crippen molar-refractivity contribution < 1.29 is 32.7 Å². The Hall–Kier alpha value is 1.06. The first kappa shape index (κ1) is 17.5. The van der Waals surface area contributed by atoms with Gasteiger partial charge >= 0.3 is 32.7 Å². The molecule has 0 saturated carbocycles. The predicted octanol–water partition coefficient (Wildman–Crippen LogP) is 3.12.